The molecule has 4 heteroatoms. The molecule has 1 N–H and O–H groups in total. The molecule has 0 radical (unpaired) electrons. The molecule has 1 spiro atoms. The minimum atomic E-state index is 0.313. The van der Waals surface area contributed by atoms with Gasteiger partial charge in [0, 0.05) is 24.7 Å². The summed E-state index contributed by atoms with van der Waals surface area (Å²) >= 11 is 0. The van der Waals surface area contributed by atoms with Gasteiger partial charge in [-0.25, -0.2) is 0 Å². The Labute approximate surface area is 138 Å². The first-order valence-electron chi connectivity index (χ1n) is 9.07. The SMILES string of the molecule is Cc1cccnc1CN1CCC2(CC1)CC(NC(=O)C1CC1)C2. The first-order chi connectivity index (χ1) is 11.1. The number of nitrogens with one attached hydrogen (secondary N) is 1. The second kappa shape index (κ2) is 5.90. The lowest BCUT2D eigenvalue weighted by Crippen LogP contribution is -2.55. The van der Waals surface area contributed by atoms with E-state index in [0.29, 0.717) is 23.3 Å². The standard InChI is InChI=1S/C19H27N3O/c1-14-3-2-8-20-17(14)13-22-9-6-19(7-10-22)11-16(12-19)21-18(23)15-4-5-15/h2-3,8,15-16H,4-7,9-13H2,1H3,(H,21,23). The highest BCUT2D eigenvalue weighted by Crippen LogP contribution is 2.49. The number of amides is 1. The van der Waals surface area contributed by atoms with Crippen molar-refractivity contribution in [3.8, 4) is 0 Å². The van der Waals surface area contributed by atoms with Crippen molar-refractivity contribution in [1.82, 2.24) is 15.2 Å². The van der Waals surface area contributed by atoms with Crippen molar-refractivity contribution in [2.24, 2.45) is 11.3 Å². The van der Waals surface area contributed by atoms with Crippen LogP contribution in [0.1, 0.15) is 49.8 Å². The van der Waals surface area contributed by atoms with E-state index >= 15 is 0 Å². The van der Waals surface area contributed by atoms with Crippen molar-refractivity contribution in [3.63, 3.8) is 0 Å². The average Bonchev–Trinajstić information content (AvgIpc) is 3.35. The molecule has 1 aromatic rings. The monoisotopic (exact) mass is 313 g/mol. The van der Waals surface area contributed by atoms with Crippen molar-refractivity contribution >= 4 is 5.91 Å². The number of hydrogen-bond acceptors (Lipinski definition) is 3. The Morgan fingerprint density at radius 3 is 2.74 bits per heavy atom. The van der Waals surface area contributed by atoms with E-state index in [0.717, 1.165) is 19.4 Å². The zero-order chi connectivity index (χ0) is 15.9. The van der Waals surface area contributed by atoms with E-state index in [-0.39, 0.29) is 0 Å². The van der Waals surface area contributed by atoms with Crippen LogP contribution >= 0.6 is 0 Å². The summed E-state index contributed by atoms with van der Waals surface area (Å²) in [5.41, 5.74) is 3.02. The lowest BCUT2D eigenvalue weighted by atomic mass is 9.60. The van der Waals surface area contributed by atoms with Gasteiger partial charge in [-0.05, 0) is 75.6 Å². The number of aryl methyl sites for hydroxylation is 1. The minimum Gasteiger partial charge on any atom is -0.353 e. The summed E-state index contributed by atoms with van der Waals surface area (Å²) < 4.78 is 0. The summed E-state index contributed by atoms with van der Waals surface area (Å²) in [5, 5.41) is 3.25. The number of pyridine rings is 1. The van der Waals surface area contributed by atoms with Gasteiger partial charge in [0.15, 0.2) is 0 Å². The molecule has 0 unspecified atom stereocenters. The van der Waals surface area contributed by atoms with E-state index in [1.807, 2.05) is 12.3 Å². The Balaban J connectivity index is 1.24. The number of nitrogens with zero attached hydrogens (tertiary/aromatic N) is 2. The van der Waals surface area contributed by atoms with Crippen molar-refractivity contribution in [2.75, 3.05) is 13.1 Å². The van der Waals surface area contributed by atoms with Crippen LogP contribution in [0.2, 0.25) is 0 Å². The van der Waals surface area contributed by atoms with Crippen LogP contribution in [-0.4, -0.2) is 34.9 Å². The lowest BCUT2D eigenvalue weighted by Gasteiger charge is -2.52. The molecule has 4 rings (SSSR count). The number of rotatable bonds is 4. The topological polar surface area (TPSA) is 45.2 Å². The van der Waals surface area contributed by atoms with Gasteiger partial charge in [-0.2, -0.15) is 0 Å². The number of carbonyl (C=O) groups excluding carboxylic acids is 1. The molecule has 3 fully saturated rings. The van der Waals surface area contributed by atoms with Crippen LogP contribution in [0.4, 0.5) is 0 Å². The van der Waals surface area contributed by atoms with E-state index in [9.17, 15) is 4.79 Å². The molecule has 3 aliphatic rings. The zero-order valence-electron chi connectivity index (χ0n) is 14.1. The lowest BCUT2D eigenvalue weighted by molar-refractivity contribution is -0.125. The van der Waals surface area contributed by atoms with E-state index in [4.69, 9.17) is 0 Å². The summed E-state index contributed by atoms with van der Waals surface area (Å²) in [6.07, 6.45) is 9.04. The third-order valence-electron chi connectivity index (χ3n) is 6.06. The van der Waals surface area contributed by atoms with Crippen molar-refractivity contribution in [3.05, 3.63) is 29.6 Å². The van der Waals surface area contributed by atoms with Crippen molar-refractivity contribution in [2.45, 2.75) is 58.0 Å². The van der Waals surface area contributed by atoms with Crippen LogP contribution in [0.5, 0.6) is 0 Å². The third-order valence-corrected chi connectivity index (χ3v) is 6.06. The Morgan fingerprint density at radius 2 is 2.09 bits per heavy atom. The molecule has 0 aromatic carbocycles. The Bertz CT molecular complexity index is 580. The maximum atomic E-state index is 11.8. The number of hydrogen-bond donors (Lipinski definition) is 1. The van der Waals surface area contributed by atoms with Crippen LogP contribution in [0.25, 0.3) is 0 Å². The van der Waals surface area contributed by atoms with Crippen LogP contribution < -0.4 is 5.32 Å². The molecule has 0 bridgehead atoms. The fraction of sp³-hybridized carbons (Fsp3) is 0.684. The van der Waals surface area contributed by atoms with Gasteiger partial charge in [0.25, 0.3) is 0 Å². The van der Waals surface area contributed by atoms with Crippen molar-refractivity contribution < 1.29 is 4.79 Å². The smallest absolute Gasteiger partial charge is 0.223 e. The van der Waals surface area contributed by atoms with E-state index in [1.54, 1.807) is 0 Å². The molecule has 2 heterocycles. The minimum absolute atomic E-state index is 0.313. The molecule has 23 heavy (non-hydrogen) atoms. The second-order valence-corrected chi connectivity index (χ2v) is 7.93. The highest BCUT2D eigenvalue weighted by molar-refractivity contribution is 5.81. The van der Waals surface area contributed by atoms with Crippen LogP contribution in [-0.2, 0) is 11.3 Å². The van der Waals surface area contributed by atoms with Crippen molar-refractivity contribution in [1.29, 1.82) is 0 Å². The second-order valence-electron chi connectivity index (χ2n) is 7.93. The molecule has 0 atom stereocenters. The number of piperidine rings is 1. The first-order valence-corrected chi connectivity index (χ1v) is 9.07. The Morgan fingerprint density at radius 1 is 1.35 bits per heavy atom. The Hall–Kier alpha value is -1.42. The molecule has 1 aliphatic heterocycles. The van der Waals surface area contributed by atoms with Crippen LogP contribution in [0, 0.1) is 18.3 Å². The van der Waals surface area contributed by atoms with E-state index in [1.165, 1.54) is 50.0 Å². The van der Waals surface area contributed by atoms with Gasteiger partial charge in [-0.3, -0.25) is 14.7 Å². The van der Waals surface area contributed by atoms with Gasteiger partial charge in [0.05, 0.1) is 5.69 Å². The fourth-order valence-corrected chi connectivity index (χ4v) is 4.24. The van der Waals surface area contributed by atoms with Crippen LogP contribution in [0.15, 0.2) is 18.3 Å². The maximum absolute atomic E-state index is 11.8. The predicted octanol–water partition coefficient (Wildman–Crippen LogP) is 2.66. The molecular weight excluding hydrogens is 286 g/mol. The van der Waals surface area contributed by atoms with E-state index in [2.05, 4.69) is 28.2 Å². The first kappa shape index (κ1) is 15.1. The van der Waals surface area contributed by atoms with Crippen LogP contribution in [0.3, 0.4) is 0 Å². The summed E-state index contributed by atoms with van der Waals surface area (Å²) in [6.45, 7) is 5.45. The van der Waals surface area contributed by atoms with E-state index < -0.39 is 0 Å². The molecule has 1 aromatic heterocycles. The molecule has 2 aliphatic carbocycles. The molecule has 124 valence electrons. The normalized spacial score (nSPS) is 24.4. The van der Waals surface area contributed by atoms with Gasteiger partial charge in [-0.1, -0.05) is 6.07 Å². The summed E-state index contributed by atoms with van der Waals surface area (Å²) in [4.78, 5) is 18.9. The highest BCUT2D eigenvalue weighted by atomic mass is 16.2. The highest BCUT2D eigenvalue weighted by Gasteiger charge is 2.47. The molecule has 2 saturated carbocycles. The summed E-state index contributed by atoms with van der Waals surface area (Å²) in [7, 11) is 0. The fourth-order valence-electron chi connectivity index (χ4n) is 4.24. The third kappa shape index (κ3) is 3.27. The molecule has 4 nitrogen and oxygen atoms in total. The number of carbonyl (C=O) groups is 1. The average molecular weight is 313 g/mol. The molecular formula is C19H27N3O. The summed E-state index contributed by atoms with van der Waals surface area (Å²) in [5.74, 6) is 0.655. The number of aromatic nitrogens is 1. The van der Waals surface area contributed by atoms with Gasteiger partial charge < -0.3 is 5.32 Å². The molecule has 1 amide bonds. The van der Waals surface area contributed by atoms with Gasteiger partial charge in [-0.15, -0.1) is 0 Å². The van der Waals surface area contributed by atoms with Gasteiger partial charge in [0.1, 0.15) is 0 Å². The maximum Gasteiger partial charge on any atom is 0.223 e. The predicted molar refractivity (Wildman–Crippen MR) is 89.8 cm³/mol. The number of likely N-dealkylation sites (tertiary alicyclic amines) is 1. The molecule has 1 saturated heterocycles. The zero-order valence-corrected chi connectivity index (χ0v) is 14.1. The summed E-state index contributed by atoms with van der Waals surface area (Å²) in [6, 6.07) is 4.61. The van der Waals surface area contributed by atoms with Gasteiger partial charge in [0.2, 0.25) is 5.91 Å². The van der Waals surface area contributed by atoms with Gasteiger partial charge >= 0.3 is 0 Å². The quantitative estimate of drug-likeness (QED) is 0.929. The Kier molecular flexibility index (Phi) is 3.88. The largest absolute Gasteiger partial charge is 0.353 e.